The Kier molecular flexibility index (Phi) is 3.82. The molecule has 4 aliphatic rings. The van der Waals surface area contributed by atoms with Crippen molar-refractivity contribution in [2.24, 2.45) is 17.3 Å². The van der Waals surface area contributed by atoms with Crippen LogP contribution in [-0.4, -0.2) is 24.8 Å². The molecule has 1 heterocycles. The number of ether oxygens (including phenoxy) is 1. The molecule has 3 unspecified atom stereocenters. The van der Waals surface area contributed by atoms with Crippen LogP contribution in [0.5, 0.6) is 0 Å². The van der Waals surface area contributed by atoms with Crippen molar-refractivity contribution in [3.63, 3.8) is 0 Å². The molecule has 120 valence electrons. The van der Waals surface area contributed by atoms with Crippen LogP contribution in [0.3, 0.4) is 0 Å². The first-order chi connectivity index (χ1) is 10.2. The van der Waals surface area contributed by atoms with Gasteiger partial charge in [-0.3, -0.25) is 0 Å². The Balaban J connectivity index is 1.36. The van der Waals surface area contributed by atoms with Gasteiger partial charge < -0.3 is 10.1 Å². The Morgan fingerprint density at radius 3 is 2.57 bits per heavy atom. The van der Waals surface area contributed by atoms with Crippen molar-refractivity contribution in [3.8, 4) is 0 Å². The van der Waals surface area contributed by atoms with Crippen LogP contribution in [-0.2, 0) is 4.74 Å². The van der Waals surface area contributed by atoms with E-state index in [1.54, 1.807) is 0 Å². The lowest BCUT2D eigenvalue weighted by Crippen LogP contribution is -2.37. The van der Waals surface area contributed by atoms with Crippen molar-refractivity contribution >= 4 is 0 Å². The zero-order valence-electron chi connectivity index (χ0n) is 13.8. The molecule has 1 spiro atoms. The van der Waals surface area contributed by atoms with Crippen LogP contribution in [0.2, 0.25) is 0 Å². The first-order valence-electron chi connectivity index (χ1n) is 9.61. The van der Waals surface area contributed by atoms with Gasteiger partial charge in [0.25, 0.3) is 0 Å². The molecule has 0 radical (unpaired) electrons. The van der Waals surface area contributed by atoms with E-state index in [1.807, 2.05) is 0 Å². The maximum absolute atomic E-state index is 6.63. The molecule has 3 saturated carbocycles. The summed E-state index contributed by atoms with van der Waals surface area (Å²) in [5, 5.41) is 3.74. The fourth-order valence-electron chi connectivity index (χ4n) is 5.83. The number of nitrogens with one attached hydrogen (secondary N) is 1. The molecule has 0 aromatic carbocycles. The maximum Gasteiger partial charge on any atom is 0.0687 e. The molecule has 0 amide bonds. The Bertz CT molecular complexity index is 364. The largest absolute Gasteiger partial charge is 0.372 e. The lowest BCUT2D eigenvalue weighted by atomic mass is 9.77. The highest BCUT2D eigenvalue weighted by atomic mass is 16.5. The van der Waals surface area contributed by atoms with Crippen molar-refractivity contribution in [2.45, 2.75) is 89.3 Å². The molecule has 3 atom stereocenters. The average molecular weight is 291 g/mol. The Labute approximate surface area is 130 Å². The number of hydrogen-bond acceptors (Lipinski definition) is 2. The van der Waals surface area contributed by atoms with Crippen LogP contribution in [0.25, 0.3) is 0 Å². The number of rotatable bonds is 6. The third kappa shape index (κ3) is 2.91. The van der Waals surface area contributed by atoms with Gasteiger partial charge in [-0.15, -0.1) is 0 Å². The summed E-state index contributed by atoms with van der Waals surface area (Å²) in [5.74, 6) is 2.16. The van der Waals surface area contributed by atoms with Crippen LogP contribution in [0.15, 0.2) is 0 Å². The first-order valence-corrected chi connectivity index (χ1v) is 9.61. The zero-order chi connectivity index (χ0) is 14.3. The third-order valence-corrected chi connectivity index (χ3v) is 6.90. The molecule has 2 nitrogen and oxygen atoms in total. The molecule has 1 aliphatic heterocycles. The monoisotopic (exact) mass is 291 g/mol. The highest BCUT2D eigenvalue weighted by Gasteiger charge is 2.55. The molecule has 1 N–H and O–H groups in total. The predicted molar refractivity (Wildman–Crippen MR) is 86.3 cm³/mol. The molecule has 21 heavy (non-hydrogen) atoms. The van der Waals surface area contributed by atoms with Gasteiger partial charge in [0, 0.05) is 6.54 Å². The summed E-state index contributed by atoms with van der Waals surface area (Å²) in [6.07, 6.45) is 15.9. The summed E-state index contributed by atoms with van der Waals surface area (Å²) >= 11 is 0. The lowest BCUT2D eigenvalue weighted by Gasteiger charge is -2.35. The van der Waals surface area contributed by atoms with E-state index in [4.69, 9.17) is 4.74 Å². The maximum atomic E-state index is 6.63. The van der Waals surface area contributed by atoms with Crippen LogP contribution in [0, 0.1) is 17.3 Å². The summed E-state index contributed by atoms with van der Waals surface area (Å²) in [5.41, 5.74) is 0.905. The van der Waals surface area contributed by atoms with Gasteiger partial charge in [0.05, 0.1) is 11.7 Å². The van der Waals surface area contributed by atoms with Crippen LogP contribution < -0.4 is 5.32 Å². The molecule has 0 aromatic rings. The highest BCUT2D eigenvalue weighted by molar-refractivity contribution is 5.06. The number of fused-ring (bicyclic) bond motifs is 1. The van der Waals surface area contributed by atoms with E-state index in [0.717, 1.165) is 11.8 Å². The van der Waals surface area contributed by atoms with E-state index in [1.165, 1.54) is 83.7 Å². The molecule has 4 rings (SSSR count). The second kappa shape index (κ2) is 5.53. The molecule has 3 aliphatic carbocycles. The fraction of sp³-hybridized carbons (Fsp3) is 1.00. The highest BCUT2D eigenvalue weighted by Crippen LogP contribution is 2.62. The van der Waals surface area contributed by atoms with Gasteiger partial charge in [-0.05, 0) is 81.6 Å². The second-order valence-electron chi connectivity index (χ2n) is 8.71. The average Bonchev–Trinajstić information content (AvgIpc) is 2.88. The van der Waals surface area contributed by atoms with E-state index in [9.17, 15) is 0 Å². The quantitative estimate of drug-likeness (QED) is 0.737. The molecular weight excluding hydrogens is 258 g/mol. The Hall–Kier alpha value is -0.0800. The van der Waals surface area contributed by atoms with Gasteiger partial charge in [0.1, 0.15) is 0 Å². The second-order valence-corrected chi connectivity index (χ2v) is 8.71. The SMILES string of the molecule is CCCNCC1(CC2CCC3(CCCC3)O2)CC2CC2C1. The minimum Gasteiger partial charge on any atom is -0.372 e. The van der Waals surface area contributed by atoms with Gasteiger partial charge >= 0.3 is 0 Å². The Morgan fingerprint density at radius 1 is 1.10 bits per heavy atom. The van der Waals surface area contributed by atoms with Crippen molar-refractivity contribution in [1.82, 2.24) is 5.32 Å². The van der Waals surface area contributed by atoms with Gasteiger partial charge in [-0.25, -0.2) is 0 Å². The third-order valence-electron chi connectivity index (χ3n) is 6.90. The smallest absolute Gasteiger partial charge is 0.0687 e. The van der Waals surface area contributed by atoms with Crippen molar-refractivity contribution in [2.75, 3.05) is 13.1 Å². The minimum absolute atomic E-state index is 0.324. The summed E-state index contributed by atoms with van der Waals surface area (Å²) in [4.78, 5) is 0. The molecule has 2 heteroatoms. The molecule has 1 saturated heterocycles. The van der Waals surface area contributed by atoms with Crippen LogP contribution in [0.4, 0.5) is 0 Å². The molecule has 0 bridgehead atoms. The summed E-state index contributed by atoms with van der Waals surface area (Å²) in [7, 11) is 0. The van der Waals surface area contributed by atoms with Crippen molar-refractivity contribution < 1.29 is 4.74 Å². The van der Waals surface area contributed by atoms with E-state index in [0.29, 0.717) is 17.1 Å². The van der Waals surface area contributed by atoms with Crippen LogP contribution >= 0.6 is 0 Å². The van der Waals surface area contributed by atoms with Crippen LogP contribution in [0.1, 0.15) is 77.6 Å². The normalized spacial score (nSPS) is 43.6. The molecule has 0 aromatic heterocycles. The molecule has 4 fully saturated rings. The van der Waals surface area contributed by atoms with Crippen molar-refractivity contribution in [3.05, 3.63) is 0 Å². The summed E-state index contributed by atoms with van der Waals surface area (Å²) < 4.78 is 6.63. The fourth-order valence-corrected chi connectivity index (χ4v) is 5.83. The van der Waals surface area contributed by atoms with E-state index in [2.05, 4.69) is 12.2 Å². The topological polar surface area (TPSA) is 21.3 Å². The summed E-state index contributed by atoms with van der Waals surface area (Å²) in [6, 6.07) is 0. The lowest BCUT2D eigenvalue weighted by molar-refractivity contribution is -0.0541. The van der Waals surface area contributed by atoms with E-state index < -0.39 is 0 Å². The standard InChI is InChI=1S/C19H33NO/c1-2-9-20-14-18(11-15-10-16(15)12-18)13-17-5-8-19(21-17)6-3-4-7-19/h15-17,20H,2-14H2,1H3. The van der Waals surface area contributed by atoms with Crippen molar-refractivity contribution in [1.29, 1.82) is 0 Å². The Morgan fingerprint density at radius 2 is 1.86 bits per heavy atom. The van der Waals surface area contributed by atoms with E-state index >= 15 is 0 Å². The number of hydrogen-bond donors (Lipinski definition) is 1. The van der Waals surface area contributed by atoms with Gasteiger partial charge in [0.15, 0.2) is 0 Å². The zero-order valence-corrected chi connectivity index (χ0v) is 13.8. The van der Waals surface area contributed by atoms with Gasteiger partial charge in [0.2, 0.25) is 0 Å². The van der Waals surface area contributed by atoms with E-state index in [-0.39, 0.29) is 0 Å². The van der Waals surface area contributed by atoms with Gasteiger partial charge in [-0.2, -0.15) is 0 Å². The minimum atomic E-state index is 0.324. The summed E-state index contributed by atoms with van der Waals surface area (Å²) in [6.45, 7) is 4.71. The van der Waals surface area contributed by atoms with Gasteiger partial charge in [-0.1, -0.05) is 19.8 Å². The predicted octanol–water partition coefficient (Wildman–Crippen LogP) is 4.28. The first kappa shape index (κ1) is 14.5. The molecular formula is C19H33NO.